The van der Waals surface area contributed by atoms with E-state index in [0.29, 0.717) is 47.5 Å². The summed E-state index contributed by atoms with van der Waals surface area (Å²) in [6, 6.07) is 11.1. The van der Waals surface area contributed by atoms with Gasteiger partial charge in [0.25, 0.3) is 0 Å². The van der Waals surface area contributed by atoms with E-state index >= 15 is 0 Å². The van der Waals surface area contributed by atoms with E-state index < -0.39 is 6.10 Å². The molecule has 1 atom stereocenters. The fourth-order valence-corrected chi connectivity index (χ4v) is 3.76. The van der Waals surface area contributed by atoms with Gasteiger partial charge in [-0.25, -0.2) is 4.98 Å². The second kappa shape index (κ2) is 9.62. The number of aliphatic hydroxyl groups excluding tert-OH is 1. The third-order valence-electron chi connectivity index (χ3n) is 4.32. The number of hydrogen-bond donors (Lipinski definition) is 1. The third kappa shape index (κ3) is 4.63. The van der Waals surface area contributed by atoms with Crippen molar-refractivity contribution in [2.45, 2.75) is 20.0 Å². The minimum absolute atomic E-state index is 0.546. The number of ether oxygens (including phenoxy) is 4. The molecule has 1 N–H and O–H groups in total. The monoisotopic (exact) mass is 415 g/mol. The Morgan fingerprint density at radius 1 is 0.897 bits per heavy atom. The van der Waals surface area contributed by atoms with Crippen LogP contribution in [0.1, 0.15) is 31.2 Å². The zero-order valence-corrected chi connectivity index (χ0v) is 17.8. The van der Waals surface area contributed by atoms with Gasteiger partial charge in [0.2, 0.25) is 0 Å². The van der Waals surface area contributed by atoms with E-state index in [1.165, 1.54) is 11.3 Å². The molecule has 0 saturated heterocycles. The van der Waals surface area contributed by atoms with E-state index in [-0.39, 0.29) is 0 Å². The van der Waals surface area contributed by atoms with Gasteiger partial charge in [-0.2, -0.15) is 0 Å². The second-order valence-electron chi connectivity index (χ2n) is 6.12. The maximum atomic E-state index is 10.8. The van der Waals surface area contributed by atoms with Gasteiger partial charge in [0, 0.05) is 10.9 Å². The van der Waals surface area contributed by atoms with Gasteiger partial charge >= 0.3 is 0 Å². The smallest absolute Gasteiger partial charge is 0.161 e. The molecule has 0 fully saturated rings. The van der Waals surface area contributed by atoms with Crippen molar-refractivity contribution >= 4 is 11.3 Å². The molecule has 0 aliphatic rings. The number of aliphatic hydroxyl groups is 1. The number of benzene rings is 2. The molecule has 3 aromatic rings. The normalized spacial score (nSPS) is 11.8. The highest BCUT2D eigenvalue weighted by molar-refractivity contribution is 7.13. The first-order chi connectivity index (χ1) is 14.1. The molecule has 2 aromatic carbocycles. The van der Waals surface area contributed by atoms with Crippen LogP contribution >= 0.6 is 11.3 Å². The summed E-state index contributed by atoms with van der Waals surface area (Å²) in [4.78, 5) is 4.63. The molecule has 1 aromatic heterocycles. The van der Waals surface area contributed by atoms with E-state index in [4.69, 9.17) is 18.9 Å². The van der Waals surface area contributed by atoms with Gasteiger partial charge in [0.15, 0.2) is 23.0 Å². The highest BCUT2D eigenvalue weighted by Crippen LogP contribution is 2.36. The van der Waals surface area contributed by atoms with Crippen LogP contribution in [-0.2, 0) is 0 Å². The Morgan fingerprint density at radius 3 is 2.28 bits per heavy atom. The van der Waals surface area contributed by atoms with E-state index in [0.717, 1.165) is 10.6 Å². The zero-order valence-electron chi connectivity index (χ0n) is 17.0. The van der Waals surface area contributed by atoms with Gasteiger partial charge in [0.1, 0.15) is 11.1 Å². The van der Waals surface area contributed by atoms with Gasteiger partial charge in [-0.15, -0.1) is 11.3 Å². The number of aromatic nitrogens is 1. The Labute approximate surface area is 174 Å². The van der Waals surface area contributed by atoms with E-state index in [1.54, 1.807) is 32.4 Å². The van der Waals surface area contributed by atoms with Crippen LogP contribution in [0.25, 0.3) is 10.6 Å². The van der Waals surface area contributed by atoms with Gasteiger partial charge in [-0.1, -0.05) is 6.07 Å². The molecule has 0 saturated carbocycles. The SMILES string of the molecule is CCOc1ccc(-c2nc(C(O)c3ccc(OC)c(OC)c3)cs2)cc1OCC. The average Bonchev–Trinajstić information content (AvgIpc) is 3.24. The Balaban J connectivity index is 1.88. The Bertz CT molecular complexity index is 956. The zero-order chi connectivity index (χ0) is 20.8. The number of nitrogens with zero attached hydrogens (tertiary/aromatic N) is 1. The minimum Gasteiger partial charge on any atom is -0.493 e. The number of rotatable bonds is 9. The molecular formula is C22H25NO5S. The highest BCUT2D eigenvalue weighted by atomic mass is 32.1. The Morgan fingerprint density at radius 2 is 1.59 bits per heavy atom. The van der Waals surface area contributed by atoms with Crippen molar-refractivity contribution in [3.8, 4) is 33.6 Å². The molecule has 0 aliphatic heterocycles. The Kier molecular flexibility index (Phi) is 6.95. The van der Waals surface area contributed by atoms with Crippen LogP contribution in [0, 0.1) is 0 Å². The third-order valence-corrected chi connectivity index (χ3v) is 5.23. The van der Waals surface area contributed by atoms with Crippen molar-refractivity contribution in [1.82, 2.24) is 4.98 Å². The molecule has 0 aliphatic carbocycles. The lowest BCUT2D eigenvalue weighted by molar-refractivity contribution is 0.215. The summed E-state index contributed by atoms with van der Waals surface area (Å²) in [5.41, 5.74) is 2.16. The van der Waals surface area contributed by atoms with Crippen molar-refractivity contribution in [2.24, 2.45) is 0 Å². The van der Waals surface area contributed by atoms with E-state index in [9.17, 15) is 5.11 Å². The van der Waals surface area contributed by atoms with Crippen molar-refractivity contribution in [3.63, 3.8) is 0 Å². The largest absolute Gasteiger partial charge is 0.493 e. The molecule has 0 spiro atoms. The fourth-order valence-electron chi connectivity index (χ4n) is 2.92. The second-order valence-corrected chi connectivity index (χ2v) is 6.98. The maximum absolute atomic E-state index is 10.8. The van der Waals surface area contributed by atoms with Crippen LogP contribution in [0.4, 0.5) is 0 Å². The molecule has 154 valence electrons. The van der Waals surface area contributed by atoms with Crippen molar-refractivity contribution in [1.29, 1.82) is 0 Å². The summed E-state index contributed by atoms with van der Waals surface area (Å²) in [6.45, 7) is 4.98. The summed E-state index contributed by atoms with van der Waals surface area (Å²) in [5, 5.41) is 13.4. The fraction of sp³-hybridized carbons (Fsp3) is 0.318. The van der Waals surface area contributed by atoms with E-state index in [2.05, 4.69) is 4.98 Å². The molecule has 0 radical (unpaired) electrons. The first-order valence-electron chi connectivity index (χ1n) is 9.36. The quantitative estimate of drug-likeness (QED) is 0.546. The van der Waals surface area contributed by atoms with Crippen molar-refractivity contribution in [2.75, 3.05) is 27.4 Å². The first kappa shape index (κ1) is 21.0. The van der Waals surface area contributed by atoms with Gasteiger partial charge in [-0.05, 0) is 49.7 Å². The average molecular weight is 416 g/mol. The highest BCUT2D eigenvalue weighted by Gasteiger charge is 2.18. The topological polar surface area (TPSA) is 70.0 Å². The predicted molar refractivity (Wildman–Crippen MR) is 113 cm³/mol. The molecule has 29 heavy (non-hydrogen) atoms. The summed E-state index contributed by atoms with van der Waals surface area (Å²) < 4.78 is 21.9. The van der Waals surface area contributed by atoms with Crippen LogP contribution in [0.3, 0.4) is 0 Å². The van der Waals surface area contributed by atoms with Crippen LogP contribution in [0.2, 0.25) is 0 Å². The summed E-state index contributed by atoms with van der Waals surface area (Å²) >= 11 is 1.47. The lowest BCUT2D eigenvalue weighted by atomic mass is 10.1. The van der Waals surface area contributed by atoms with Gasteiger partial charge in [0.05, 0.1) is 33.1 Å². The number of methoxy groups -OCH3 is 2. The maximum Gasteiger partial charge on any atom is 0.161 e. The Hall–Kier alpha value is -2.77. The van der Waals surface area contributed by atoms with Gasteiger partial charge < -0.3 is 24.1 Å². The van der Waals surface area contributed by atoms with Crippen molar-refractivity contribution < 1.29 is 24.1 Å². The predicted octanol–water partition coefficient (Wildman–Crippen LogP) is 4.71. The summed E-state index contributed by atoms with van der Waals surface area (Å²) in [5.74, 6) is 2.57. The molecule has 6 nitrogen and oxygen atoms in total. The molecule has 1 heterocycles. The first-order valence-corrected chi connectivity index (χ1v) is 10.2. The molecule has 3 rings (SSSR count). The molecular weight excluding hydrogens is 390 g/mol. The standard InChI is InChI=1S/C22H25NO5S/c1-5-27-18-10-8-15(12-20(18)28-6-2)22-23-16(13-29-22)21(24)14-7-9-17(25-3)19(11-14)26-4/h7-13,21,24H,5-6H2,1-4H3. The van der Waals surface area contributed by atoms with Crippen LogP contribution in [0.5, 0.6) is 23.0 Å². The van der Waals surface area contributed by atoms with Crippen LogP contribution in [-0.4, -0.2) is 37.5 Å². The van der Waals surface area contributed by atoms with Gasteiger partial charge in [-0.3, -0.25) is 0 Å². The lowest BCUT2D eigenvalue weighted by Crippen LogP contribution is -2.01. The molecule has 0 bridgehead atoms. The molecule has 1 unspecified atom stereocenters. The number of thiazole rings is 1. The lowest BCUT2D eigenvalue weighted by Gasteiger charge is -2.13. The molecule has 7 heteroatoms. The number of hydrogen-bond acceptors (Lipinski definition) is 7. The molecule has 0 amide bonds. The van der Waals surface area contributed by atoms with Crippen molar-refractivity contribution in [3.05, 3.63) is 53.0 Å². The van der Waals surface area contributed by atoms with Crippen LogP contribution < -0.4 is 18.9 Å². The summed E-state index contributed by atoms with van der Waals surface area (Å²) in [6.07, 6.45) is -0.867. The van der Waals surface area contributed by atoms with Crippen LogP contribution in [0.15, 0.2) is 41.8 Å². The minimum atomic E-state index is -0.867. The summed E-state index contributed by atoms with van der Waals surface area (Å²) in [7, 11) is 3.14. The van der Waals surface area contributed by atoms with E-state index in [1.807, 2.05) is 37.4 Å².